The van der Waals surface area contributed by atoms with Crippen molar-refractivity contribution in [2.45, 2.75) is 6.54 Å². The number of anilines is 1. The van der Waals surface area contributed by atoms with Crippen LogP contribution < -0.4 is 11.1 Å². The largest absolute Gasteiger partial charge is 0.378 e. The van der Waals surface area contributed by atoms with E-state index in [-0.39, 0.29) is 0 Å². The molecule has 0 atom stereocenters. The Hall–Kier alpha value is -1.11. The number of nitrogens with zero attached hydrogens (tertiary/aromatic N) is 1. The molecule has 2 aromatic rings. The van der Waals surface area contributed by atoms with E-state index >= 15 is 0 Å². The van der Waals surface area contributed by atoms with Crippen molar-refractivity contribution in [3.63, 3.8) is 0 Å². The SMILES string of the molecule is NC(=O)c1ccc(Cl)c(NCc2ncc(Br)cc2Br)c1. The van der Waals surface area contributed by atoms with Crippen LogP contribution in [-0.4, -0.2) is 10.9 Å². The van der Waals surface area contributed by atoms with E-state index < -0.39 is 5.91 Å². The van der Waals surface area contributed by atoms with E-state index in [0.29, 0.717) is 22.8 Å². The number of hydrogen-bond donors (Lipinski definition) is 2. The predicted octanol–water partition coefficient (Wildman–Crippen LogP) is 3.97. The fraction of sp³-hybridized carbons (Fsp3) is 0.0769. The average molecular weight is 420 g/mol. The number of rotatable bonds is 4. The molecule has 0 unspecified atom stereocenters. The van der Waals surface area contributed by atoms with Gasteiger partial charge in [0.1, 0.15) is 0 Å². The summed E-state index contributed by atoms with van der Waals surface area (Å²) in [4.78, 5) is 15.4. The summed E-state index contributed by atoms with van der Waals surface area (Å²) >= 11 is 12.9. The van der Waals surface area contributed by atoms with E-state index in [0.717, 1.165) is 14.6 Å². The number of pyridine rings is 1. The molecule has 0 saturated carbocycles. The molecule has 1 aromatic carbocycles. The summed E-state index contributed by atoms with van der Waals surface area (Å²) in [7, 11) is 0. The number of primary amides is 1. The highest BCUT2D eigenvalue weighted by Crippen LogP contribution is 2.25. The third-order valence-corrected chi connectivity index (χ3v) is 4.03. The van der Waals surface area contributed by atoms with Gasteiger partial charge in [-0.15, -0.1) is 0 Å². The van der Waals surface area contributed by atoms with E-state index in [9.17, 15) is 4.79 Å². The molecule has 4 nitrogen and oxygen atoms in total. The number of aromatic nitrogens is 1. The third kappa shape index (κ3) is 3.71. The Morgan fingerprint density at radius 2 is 2.10 bits per heavy atom. The molecule has 0 aliphatic carbocycles. The van der Waals surface area contributed by atoms with Crippen LogP contribution in [0.3, 0.4) is 0 Å². The summed E-state index contributed by atoms with van der Waals surface area (Å²) in [6.07, 6.45) is 1.71. The van der Waals surface area contributed by atoms with Crippen molar-refractivity contribution in [1.29, 1.82) is 0 Å². The van der Waals surface area contributed by atoms with Gasteiger partial charge < -0.3 is 11.1 Å². The summed E-state index contributed by atoms with van der Waals surface area (Å²) in [5.41, 5.74) is 7.11. The summed E-state index contributed by atoms with van der Waals surface area (Å²) in [6.45, 7) is 0.468. The van der Waals surface area contributed by atoms with Gasteiger partial charge in [-0.3, -0.25) is 9.78 Å². The van der Waals surface area contributed by atoms with Gasteiger partial charge in [-0.1, -0.05) is 11.6 Å². The quantitative estimate of drug-likeness (QED) is 0.788. The van der Waals surface area contributed by atoms with E-state index in [1.165, 1.54) is 0 Å². The zero-order valence-electron chi connectivity index (χ0n) is 10.2. The molecule has 7 heteroatoms. The first kappa shape index (κ1) is 15.3. The zero-order chi connectivity index (χ0) is 14.7. The maximum absolute atomic E-state index is 11.2. The van der Waals surface area contributed by atoms with Crippen molar-refractivity contribution in [1.82, 2.24) is 4.98 Å². The number of benzene rings is 1. The summed E-state index contributed by atoms with van der Waals surface area (Å²) in [5, 5.41) is 3.65. The van der Waals surface area contributed by atoms with Crippen LogP contribution in [-0.2, 0) is 6.54 Å². The molecular formula is C13H10Br2ClN3O. The molecular weight excluding hydrogens is 409 g/mol. The van der Waals surface area contributed by atoms with Crippen molar-refractivity contribution in [3.8, 4) is 0 Å². The highest BCUT2D eigenvalue weighted by atomic mass is 79.9. The van der Waals surface area contributed by atoms with Gasteiger partial charge in [-0.05, 0) is 56.1 Å². The zero-order valence-corrected chi connectivity index (χ0v) is 14.1. The maximum atomic E-state index is 11.2. The number of amides is 1. The highest BCUT2D eigenvalue weighted by molar-refractivity contribution is 9.11. The number of nitrogens with one attached hydrogen (secondary N) is 1. The van der Waals surface area contributed by atoms with Crippen molar-refractivity contribution in [2.24, 2.45) is 5.73 Å². The first-order chi connectivity index (χ1) is 9.47. The molecule has 0 spiro atoms. The van der Waals surface area contributed by atoms with Crippen LogP contribution in [0.1, 0.15) is 16.1 Å². The summed E-state index contributed by atoms with van der Waals surface area (Å²) in [6, 6.07) is 6.75. The van der Waals surface area contributed by atoms with Gasteiger partial charge in [0, 0.05) is 20.7 Å². The molecule has 1 heterocycles. The van der Waals surface area contributed by atoms with Gasteiger partial charge in [0.05, 0.1) is 22.9 Å². The van der Waals surface area contributed by atoms with Crippen LogP contribution in [0.4, 0.5) is 5.69 Å². The van der Waals surface area contributed by atoms with Gasteiger partial charge in [-0.25, -0.2) is 0 Å². The van der Waals surface area contributed by atoms with Gasteiger partial charge in [0.15, 0.2) is 0 Å². The minimum atomic E-state index is -0.493. The van der Waals surface area contributed by atoms with Crippen LogP contribution in [0.15, 0.2) is 39.4 Å². The normalized spacial score (nSPS) is 10.3. The Balaban J connectivity index is 2.18. The van der Waals surface area contributed by atoms with Crippen LogP contribution in [0.5, 0.6) is 0 Å². The predicted molar refractivity (Wildman–Crippen MR) is 86.9 cm³/mol. The van der Waals surface area contributed by atoms with Gasteiger partial charge in [-0.2, -0.15) is 0 Å². The first-order valence-electron chi connectivity index (χ1n) is 5.60. The molecule has 20 heavy (non-hydrogen) atoms. The lowest BCUT2D eigenvalue weighted by Gasteiger charge is -2.10. The van der Waals surface area contributed by atoms with Crippen LogP contribution in [0.25, 0.3) is 0 Å². The molecule has 104 valence electrons. The van der Waals surface area contributed by atoms with Crippen molar-refractivity contribution in [3.05, 3.63) is 55.7 Å². The minimum absolute atomic E-state index is 0.403. The van der Waals surface area contributed by atoms with Gasteiger partial charge >= 0.3 is 0 Å². The van der Waals surface area contributed by atoms with Crippen LogP contribution in [0.2, 0.25) is 5.02 Å². The van der Waals surface area contributed by atoms with Crippen molar-refractivity contribution in [2.75, 3.05) is 5.32 Å². The first-order valence-corrected chi connectivity index (χ1v) is 7.57. The Morgan fingerprint density at radius 3 is 2.75 bits per heavy atom. The fourth-order valence-electron chi connectivity index (χ4n) is 1.57. The third-order valence-electron chi connectivity index (χ3n) is 2.58. The Kier molecular flexibility index (Phi) is 5.01. The monoisotopic (exact) mass is 417 g/mol. The molecule has 0 aliphatic rings. The fourth-order valence-corrected chi connectivity index (χ4v) is 2.88. The van der Waals surface area contributed by atoms with E-state index in [4.69, 9.17) is 17.3 Å². The summed E-state index contributed by atoms with van der Waals surface area (Å²) in [5.74, 6) is -0.493. The second kappa shape index (κ2) is 6.56. The molecule has 0 aliphatic heterocycles. The lowest BCUT2D eigenvalue weighted by Crippen LogP contribution is -2.11. The molecule has 2 rings (SSSR count). The standard InChI is InChI=1S/C13H10Br2ClN3O/c14-8-4-9(15)12(18-5-8)6-19-11-3-7(13(17)20)1-2-10(11)16/h1-5,19H,6H2,(H2,17,20). The molecule has 0 saturated heterocycles. The van der Waals surface area contributed by atoms with E-state index in [1.54, 1.807) is 24.4 Å². The number of nitrogens with two attached hydrogens (primary N) is 1. The van der Waals surface area contributed by atoms with Crippen molar-refractivity contribution >= 4 is 55.1 Å². The summed E-state index contributed by atoms with van der Waals surface area (Å²) < 4.78 is 1.77. The number of hydrogen-bond acceptors (Lipinski definition) is 3. The van der Waals surface area contributed by atoms with Crippen molar-refractivity contribution < 1.29 is 4.79 Å². The average Bonchev–Trinajstić information content (AvgIpc) is 2.39. The molecule has 1 aromatic heterocycles. The number of carbonyl (C=O) groups is 1. The molecule has 0 fully saturated rings. The van der Waals surface area contributed by atoms with Gasteiger partial charge in [0.25, 0.3) is 0 Å². The Bertz CT molecular complexity index is 664. The smallest absolute Gasteiger partial charge is 0.248 e. The number of carbonyl (C=O) groups excluding carboxylic acids is 1. The second-order valence-electron chi connectivity index (χ2n) is 3.99. The lowest BCUT2D eigenvalue weighted by molar-refractivity contribution is 0.100. The number of halogens is 3. The Labute approximate surface area is 138 Å². The maximum Gasteiger partial charge on any atom is 0.248 e. The topological polar surface area (TPSA) is 68.0 Å². The second-order valence-corrected chi connectivity index (χ2v) is 6.17. The molecule has 1 amide bonds. The molecule has 0 bridgehead atoms. The highest BCUT2D eigenvalue weighted by Gasteiger charge is 2.07. The Morgan fingerprint density at radius 1 is 1.35 bits per heavy atom. The van der Waals surface area contributed by atoms with Crippen LogP contribution in [0, 0.1) is 0 Å². The minimum Gasteiger partial charge on any atom is -0.378 e. The van der Waals surface area contributed by atoms with E-state index in [2.05, 4.69) is 42.2 Å². The lowest BCUT2D eigenvalue weighted by atomic mass is 10.2. The molecule has 0 radical (unpaired) electrons. The van der Waals surface area contributed by atoms with Gasteiger partial charge in [0.2, 0.25) is 5.91 Å². The van der Waals surface area contributed by atoms with Crippen LogP contribution >= 0.6 is 43.5 Å². The van der Waals surface area contributed by atoms with E-state index in [1.807, 2.05) is 6.07 Å². The molecule has 3 N–H and O–H groups in total.